The fourth-order valence-corrected chi connectivity index (χ4v) is 2.98. The monoisotopic (exact) mass is 291 g/mol. The number of nitrogens with one attached hydrogen (secondary N) is 2. The van der Waals surface area contributed by atoms with Crippen LogP contribution in [0.15, 0.2) is 46.5 Å². The van der Waals surface area contributed by atoms with Crippen LogP contribution in [0.3, 0.4) is 0 Å². The van der Waals surface area contributed by atoms with Gasteiger partial charge in [-0.2, -0.15) is 0 Å². The van der Waals surface area contributed by atoms with Gasteiger partial charge >= 0.3 is 0 Å². The van der Waals surface area contributed by atoms with Crippen molar-refractivity contribution in [1.82, 2.24) is 15.5 Å². The Morgan fingerprint density at radius 3 is 2.95 bits per heavy atom. The molecule has 6 heteroatoms. The lowest BCUT2D eigenvalue weighted by molar-refractivity contribution is -0.117. The Morgan fingerprint density at radius 2 is 2.20 bits per heavy atom. The van der Waals surface area contributed by atoms with Gasteiger partial charge in [-0.15, -0.1) is 0 Å². The zero-order valence-electron chi connectivity index (χ0n) is 10.7. The summed E-state index contributed by atoms with van der Waals surface area (Å²) in [7, 11) is 0. The van der Waals surface area contributed by atoms with Gasteiger partial charge in [0, 0.05) is 19.3 Å². The van der Waals surface area contributed by atoms with Gasteiger partial charge in [-0.3, -0.25) is 10.1 Å². The number of nitrogens with zero attached hydrogens (tertiary/aromatic N) is 1. The number of hydrogen-bond donors (Lipinski definition) is 2. The Labute approximate surface area is 120 Å². The molecular weight excluding hydrogens is 277 g/mol. The predicted octanol–water partition coefficient (Wildman–Crippen LogP) is 1.73. The molecule has 0 spiro atoms. The minimum atomic E-state index is -0.273. The molecule has 104 valence electrons. The van der Waals surface area contributed by atoms with Crippen LogP contribution in [0, 0.1) is 5.82 Å². The molecule has 0 unspecified atom stereocenters. The zero-order chi connectivity index (χ0) is 13.9. The summed E-state index contributed by atoms with van der Waals surface area (Å²) in [6.45, 7) is 1.96. The Bertz CT molecular complexity index is 583. The van der Waals surface area contributed by atoms with Crippen molar-refractivity contribution >= 4 is 17.7 Å². The second-order valence-electron chi connectivity index (χ2n) is 4.53. The summed E-state index contributed by atoms with van der Waals surface area (Å²) < 4.78 is 12.8. The highest BCUT2D eigenvalue weighted by Gasteiger charge is 2.25. The van der Waals surface area contributed by atoms with Crippen LogP contribution in [0.2, 0.25) is 0 Å². The van der Waals surface area contributed by atoms with Crippen LogP contribution in [0.1, 0.15) is 5.56 Å². The lowest BCUT2D eigenvalue weighted by Gasteiger charge is -2.21. The standard InChI is InChI=1S/C14H14FN3OS/c15-11-3-1-10(2-4-11)7-17-14(19)12-8-18-9-16-6-5-13(18)20-12/h1-5,8,16H,6-7,9H2,(H,17,19). The average molecular weight is 291 g/mol. The summed E-state index contributed by atoms with van der Waals surface area (Å²) >= 11 is 1.48. The summed E-state index contributed by atoms with van der Waals surface area (Å²) in [5.41, 5.74) is 0.877. The molecule has 20 heavy (non-hydrogen) atoms. The van der Waals surface area contributed by atoms with Crippen LogP contribution in [0.4, 0.5) is 4.39 Å². The van der Waals surface area contributed by atoms with Crippen LogP contribution in [-0.4, -0.2) is 24.0 Å². The minimum absolute atomic E-state index is 0.102. The van der Waals surface area contributed by atoms with Crippen LogP contribution < -0.4 is 10.6 Å². The van der Waals surface area contributed by atoms with Crippen molar-refractivity contribution in [2.24, 2.45) is 0 Å². The minimum Gasteiger partial charge on any atom is -0.347 e. The molecule has 1 aromatic carbocycles. The molecule has 0 saturated heterocycles. The molecule has 2 N–H and O–H groups in total. The SMILES string of the molecule is O=C(NCc1ccc(F)cc1)C1=CN2CNCC=C2S1. The fourth-order valence-electron chi connectivity index (χ4n) is 2.01. The lowest BCUT2D eigenvalue weighted by Crippen LogP contribution is -2.32. The third-order valence-electron chi connectivity index (χ3n) is 3.06. The highest BCUT2D eigenvalue weighted by molar-refractivity contribution is 8.07. The van der Waals surface area contributed by atoms with E-state index in [2.05, 4.69) is 16.7 Å². The molecule has 0 atom stereocenters. The molecule has 2 aliphatic rings. The summed E-state index contributed by atoms with van der Waals surface area (Å²) in [4.78, 5) is 14.8. The first-order chi connectivity index (χ1) is 9.72. The maximum Gasteiger partial charge on any atom is 0.259 e. The molecule has 0 aliphatic carbocycles. The van der Waals surface area contributed by atoms with E-state index in [1.54, 1.807) is 12.1 Å². The summed E-state index contributed by atoms with van der Waals surface area (Å²) in [6, 6.07) is 6.12. The van der Waals surface area contributed by atoms with Crippen molar-refractivity contribution in [1.29, 1.82) is 0 Å². The Morgan fingerprint density at radius 1 is 1.40 bits per heavy atom. The van der Waals surface area contributed by atoms with Crippen molar-refractivity contribution in [3.63, 3.8) is 0 Å². The van der Waals surface area contributed by atoms with Crippen LogP contribution >= 0.6 is 11.8 Å². The van der Waals surface area contributed by atoms with Crippen molar-refractivity contribution in [3.05, 3.63) is 57.9 Å². The summed E-state index contributed by atoms with van der Waals surface area (Å²) in [5.74, 6) is -0.375. The normalized spacial score (nSPS) is 17.4. The number of amides is 1. The van der Waals surface area contributed by atoms with Crippen molar-refractivity contribution in [2.75, 3.05) is 13.2 Å². The van der Waals surface area contributed by atoms with Gasteiger partial charge in [0.1, 0.15) is 5.82 Å². The van der Waals surface area contributed by atoms with Crippen molar-refractivity contribution in [2.45, 2.75) is 6.54 Å². The number of carbonyl (C=O) groups excluding carboxylic acids is 1. The molecule has 0 radical (unpaired) electrons. The van der Waals surface area contributed by atoms with Gasteiger partial charge in [0.15, 0.2) is 0 Å². The number of halogens is 1. The largest absolute Gasteiger partial charge is 0.347 e. The molecule has 0 bridgehead atoms. The van der Waals surface area contributed by atoms with Gasteiger partial charge in [-0.1, -0.05) is 23.9 Å². The van der Waals surface area contributed by atoms with Gasteiger partial charge in [0.2, 0.25) is 0 Å². The van der Waals surface area contributed by atoms with E-state index in [4.69, 9.17) is 0 Å². The Hall–Kier alpha value is -1.79. The molecule has 3 rings (SSSR count). The number of carbonyl (C=O) groups is 1. The van der Waals surface area contributed by atoms with Crippen LogP contribution in [0.25, 0.3) is 0 Å². The first-order valence-electron chi connectivity index (χ1n) is 6.32. The molecule has 0 saturated carbocycles. The van der Waals surface area contributed by atoms with E-state index in [9.17, 15) is 9.18 Å². The van der Waals surface area contributed by atoms with E-state index < -0.39 is 0 Å². The van der Waals surface area contributed by atoms with E-state index in [-0.39, 0.29) is 11.7 Å². The van der Waals surface area contributed by atoms with Crippen LogP contribution in [0.5, 0.6) is 0 Å². The number of fused-ring (bicyclic) bond motifs is 1. The van der Waals surface area contributed by atoms with E-state index in [0.29, 0.717) is 11.4 Å². The third kappa shape index (κ3) is 2.86. The number of benzene rings is 1. The van der Waals surface area contributed by atoms with E-state index in [0.717, 1.165) is 23.8 Å². The fraction of sp³-hybridized carbons (Fsp3) is 0.214. The highest BCUT2D eigenvalue weighted by Crippen LogP contribution is 2.36. The Balaban J connectivity index is 1.59. The molecule has 4 nitrogen and oxygen atoms in total. The summed E-state index contributed by atoms with van der Waals surface area (Å²) in [5, 5.41) is 7.14. The van der Waals surface area contributed by atoms with Crippen molar-refractivity contribution < 1.29 is 9.18 Å². The van der Waals surface area contributed by atoms with Gasteiger partial charge < -0.3 is 10.2 Å². The average Bonchev–Trinajstić information content (AvgIpc) is 2.90. The zero-order valence-corrected chi connectivity index (χ0v) is 11.5. The molecule has 0 fully saturated rings. The van der Waals surface area contributed by atoms with Crippen molar-refractivity contribution in [3.8, 4) is 0 Å². The number of rotatable bonds is 3. The van der Waals surface area contributed by atoms with E-state index in [1.807, 2.05) is 11.1 Å². The van der Waals surface area contributed by atoms with Gasteiger partial charge in [-0.25, -0.2) is 4.39 Å². The highest BCUT2D eigenvalue weighted by atomic mass is 32.2. The third-order valence-corrected chi connectivity index (χ3v) is 4.19. The first kappa shape index (κ1) is 13.2. The first-order valence-corrected chi connectivity index (χ1v) is 7.14. The smallest absolute Gasteiger partial charge is 0.259 e. The number of hydrogen-bond acceptors (Lipinski definition) is 4. The molecule has 2 heterocycles. The van der Waals surface area contributed by atoms with E-state index >= 15 is 0 Å². The second-order valence-corrected chi connectivity index (χ2v) is 5.59. The number of thioether (sulfide) groups is 1. The maximum atomic E-state index is 12.8. The molecule has 1 aromatic rings. The topological polar surface area (TPSA) is 44.4 Å². The summed E-state index contributed by atoms with van der Waals surface area (Å²) in [6.07, 6.45) is 3.91. The van der Waals surface area contributed by atoms with E-state index in [1.165, 1.54) is 23.9 Å². The van der Waals surface area contributed by atoms with Gasteiger partial charge in [-0.05, 0) is 23.8 Å². The second kappa shape index (κ2) is 5.68. The lowest BCUT2D eigenvalue weighted by atomic mass is 10.2. The maximum absolute atomic E-state index is 12.8. The van der Waals surface area contributed by atoms with Gasteiger partial charge in [0.25, 0.3) is 5.91 Å². The Kier molecular flexibility index (Phi) is 3.75. The molecule has 1 amide bonds. The molecular formula is C14H14FN3OS. The van der Waals surface area contributed by atoms with Crippen LogP contribution in [-0.2, 0) is 11.3 Å². The van der Waals surface area contributed by atoms with Gasteiger partial charge in [0.05, 0.1) is 16.6 Å². The quantitative estimate of drug-likeness (QED) is 0.890. The molecule has 0 aromatic heterocycles. The predicted molar refractivity (Wildman–Crippen MR) is 76.7 cm³/mol. The molecule has 2 aliphatic heterocycles.